The molecule has 2 heteroatoms. The average molecular weight is 243 g/mol. The van der Waals surface area contributed by atoms with Gasteiger partial charge in [-0.1, -0.05) is 29.9 Å². The van der Waals surface area contributed by atoms with Crippen LogP contribution >= 0.6 is 11.8 Å². The molecule has 17 heavy (non-hydrogen) atoms. The number of aryl methyl sites for hydroxylation is 1. The van der Waals surface area contributed by atoms with Crippen LogP contribution in [0.3, 0.4) is 0 Å². The van der Waals surface area contributed by atoms with Gasteiger partial charge in [0.2, 0.25) is 0 Å². The number of thioether (sulfide) groups is 1. The fourth-order valence-corrected chi connectivity index (χ4v) is 4.12. The molecule has 1 aliphatic heterocycles. The molecule has 0 saturated heterocycles. The van der Waals surface area contributed by atoms with Gasteiger partial charge >= 0.3 is 0 Å². The highest BCUT2D eigenvalue weighted by atomic mass is 32.2. The molecule has 1 heterocycles. The van der Waals surface area contributed by atoms with E-state index in [-0.39, 0.29) is 0 Å². The van der Waals surface area contributed by atoms with Gasteiger partial charge in [-0.25, -0.2) is 0 Å². The first-order valence-corrected chi connectivity index (χ1v) is 6.90. The molecule has 0 fully saturated rings. The minimum absolute atomic E-state index is 0.499. The van der Waals surface area contributed by atoms with Gasteiger partial charge in [0.15, 0.2) is 0 Å². The van der Waals surface area contributed by atoms with E-state index < -0.39 is 0 Å². The maximum absolute atomic E-state index is 2.40. The van der Waals surface area contributed by atoms with Crippen molar-refractivity contribution in [3.63, 3.8) is 0 Å². The Labute approximate surface area is 107 Å². The number of hydrogen-bond acceptors (Lipinski definition) is 2. The maximum atomic E-state index is 2.40. The number of hydrogen-bond donors (Lipinski definition) is 0. The molecule has 1 nitrogen and oxygen atoms in total. The number of nitrogens with zero attached hydrogens (tertiary/aromatic N) is 1. The normalized spacial score (nSPS) is 26.3. The van der Waals surface area contributed by atoms with Gasteiger partial charge in [0.05, 0.1) is 17.0 Å². The van der Waals surface area contributed by atoms with Crippen LogP contribution in [0.4, 0.5) is 5.69 Å². The fraction of sp³-hybridized carbons (Fsp3) is 0.333. The Hall–Kier alpha value is -1.15. The molecule has 3 rings (SSSR count). The van der Waals surface area contributed by atoms with Crippen molar-refractivity contribution in [1.82, 2.24) is 0 Å². The van der Waals surface area contributed by atoms with Crippen molar-refractivity contribution >= 4 is 17.4 Å². The standard InChI is InChI=1S/C15H17NS/c1-10-4-6-12-14(8-10)17-15-9-11(2)5-7-13(15)16(12)3/h4-9,12,14H,1-3H3. The summed E-state index contributed by atoms with van der Waals surface area (Å²) in [6, 6.07) is 7.24. The molecule has 1 aromatic carbocycles. The number of rotatable bonds is 0. The Balaban J connectivity index is 2.05. The van der Waals surface area contributed by atoms with Gasteiger partial charge in [-0.15, -0.1) is 11.8 Å². The van der Waals surface area contributed by atoms with Crippen molar-refractivity contribution < 1.29 is 0 Å². The summed E-state index contributed by atoms with van der Waals surface area (Å²) in [6.45, 7) is 4.34. The predicted molar refractivity (Wildman–Crippen MR) is 75.9 cm³/mol. The lowest BCUT2D eigenvalue weighted by molar-refractivity contribution is 0.742. The highest BCUT2D eigenvalue weighted by Crippen LogP contribution is 2.43. The molecule has 0 saturated carbocycles. The van der Waals surface area contributed by atoms with Crippen molar-refractivity contribution in [1.29, 1.82) is 0 Å². The summed E-state index contributed by atoms with van der Waals surface area (Å²) < 4.78 is 0. The van der Waals surface area contributed by atoms with E-state index in [1.165, 1.54) is 21.7 Å². The minimum Gasteiger partial charge on any atom is -0.366 e. The summed E-state index contributed by atoms with van der Waals surface area (Å²) in [6.07, 6.45) is 6.95. The number of likely N-dealkylation sites (N-methyl/N-ethyl adjacent to an activating group) is 1. The van der Waals surface area contributed by atoms with Gasteiger partial charge in [-0.3, -0.25) is 0 Å². The fourth-order valence-electron chi connectivity index (χ4n) is 2.54. The largest absolute Gasteiger partial charge is 0.366 e. The van der Waals surface area contributed by atoms with Crippen LogP contribution in [-0.2, 0) is 0 Å². The van der Waals surface area contributed by atoms with Gasteiger partial charge in [0, 0.05) is 11.9 Å². The summed E-state index contributed by atoms with van der Waals surface area (Å²) in [5.74, 6) is 0. The third-order valence-electron chi connectivity index (χ3n) is 3.53. The monoisotopic (exact) mass is 243 g/mol. The second-order valence-corrected chi connectivity index (χ2v) is 6.14. The van der Waals surface area contributed by atoms with Crippen LogP contribution < -0.4 is 4.90 Å². The van der Waals surface area contributed by atoms with E-state index in [2.05, 4.69) is 62.2 Å². The highest BCUT2D eigenvalue weighted by molar-refractivity contribution is 8.00. The third kappa shape index (κ3) is 1.81. The van der Waals surface area contributed by atoms with E-state index in [0.29, 0.717) is 11.3 Å². The van der Waals surface area contributed by atoms with E-state index in [0.717, 1.165) is 0 Å². The highest BCUT2D eigenvalue weighted by Gasteiger charge is 2.31. The summed E-state index contributed by atoms with van der Waals surface area (Å²) in [7, 11) is 2.20. The maximum Gasteiger partial charge on any atom is 0.0630 e. The Morgan fingerprint density at radius 1 is 1.24 bits per heavy atom. The molecule has 0 aromatic heterocycles. The van der Waals surface area contributed by atoms with E-state index in [9.17, 15) is 0 Å². The minimum atomic E-state index is 0.499. The smallest absolute Gasteiger partial charge is 0.0630 e. The lowest BCUT2D eigenvalue weighted by Crippen LogP contribution is -2.41. The Bertz CT molecular complexity index is 516. The lowest BCUT2D eigenvalue weighted by atomic mass is 10.0. The lowest BCUT2D eigenvalue weighted by Gasteiger charge is -2.40. The molecule has 0 N–H and O–H groups in total. The molecule has 2 unspecified atom stereocenters. The summed E-state index contributed by atoms with van der Waals surface area (Å²) in [4.78, 5) is 3.81. The first-order valence-electron chi connectivity index (χ1n) is 6.02. The number of allylic oxidation sites excluding steroid dienone is 2. The average Bonchev–Trinajstić information content (AvgIpc) is 2.28. The van der Waals surface area contributed by atoms with Crippen LogP contribution in [0.2, 0.25) is 0 Å². The number of anilines is 1. The molecule has 0 bridgehead atoms. The van der Waals surface area contributed by atoms with Crippen LogP contribution in [0.5, 0.6) is 0 Å². The molecule has 1 aliphatic carbocycles. The molecule has 0 amide bonds. The number of fused-ring (bicyclic) bond motifs is 2. The van der Waals surface area contributed by atoms with Crippen LogP contribution in [-0.4, -0.2) is 18.3 Å². The van der Waals surface area contributed by atoms with Crippen molar-refractivity contribution in [3.8, 4) is 0 Å². The third-order valence-corrected chi connectivity index (χ3v) is 4.79. The SMILES string of the molecule is CC1=CC2Sc3cc(C)ccc3N(C)C2C=C1. The van der Waals surface area contributed by atoms with Crippen LogP contribution in [0.25, 0.3) is 0 Å². The molecule has 2 atom stereocenters. The second kappa shape index (κ2) is 3.95. The molecular formula is C15H17NS. The number of benzene rings is 1. The van der Waals surface area contributed by atoms with Crippen molar-refractivity contribution in [2.24, 2.45) is 0 Å². The molecule has 88 valence electrons. The first-order chi connectivity index (χ1) is 8.15. The van der Waals surface area contributed by atoms with Gasteiger partial charge in [-0.05, 0) is 31.5 Å². The van der Waals surface area contributed by atoms with Gasteiger partial charge < -0.3 is 4.90 Å². The van der Waals surface area contributed by atoms with Crippen LogP contribution in [0.1, 0.15) is 12.5 Å². The van der Waals surface area contributed by atoms with E-state index in [4.69, 9.17) is 0 Å². The van der Waals surface area contributed by atoms with E-state index in [1.54, 1.807) is 0 Å². The van der Waals surface area contributed by atoms with Crippen molar-refractivity contribution in [3.05, 3.63) is 47.6 Å². The molecule has 0 radical (unpaired) electrons. The summed E-state index contributed by atoms with van der Waals surface area (Å²) in [5.41, 5.74) is 4.08. The quantitative estimate of drug-likeness (QED) is 0.682. The Morgan fingerprint density at radius 2 is 2.06 bits per heavy atom. The van der Waals surface area contributed by atoms with Gasteiger partial charge in [-0.2, -0.15) is 0 Å². The summed E-state index contributed by atoms with van der Waals surface area (Å²) >= 11 is 1.99. The van der Waals surface area contributed by atoms with Crippen molar-refractivity contribution in [2.45, 2.75) is 30.0 Å². The second-order valence-electron chi connectivity index (χ2n) is 4.92. The molecule has 2 aliphatic rings. The van der Waals surface area contributed by atoms with Crippen LogP contribution in [0, 0.1) is 6.92 Å². The van der Waals surface area contributed by atoms with E-state index >= 15 is 0 Å². The molecule has 0 spiro atoms. The van der Waals surface area contributed by atoms with E-state index in [1.807, 2.05) is 11.8 Å². The molecule has 1 aromatic rings. The zero-order valence-electron chi connectivity index (χ0n) is 10.5. The first kappa shape index (κ1) is 11.0. The predicted octanol–water partition coefficient (Wildman–Crippen LogP) is 3.79. The molecular weight excluding hydrogens is 226 g/mol. The summed E-state index contributed by atoms with van der Waals surface area (Å²) in [5, 5.41) is 0.555. The zero-order valence-corrected chi connectivity index (χ0v) is 11.3. The van der Waals surface area contributed by atoms with Crippen molar-refractivity contribution in [2.75, 3.05) is 11.9 Å². The van der Waals surface area contributed by atoms with Gasteiger partial charge in [0.25, 0.3) is 0 Å². The topological polar surface area (TPSA) is 3.24 Å². The Morgan fingerprint density at radius 3 is 2.88 bits per heavy atom. The van der Waals surface area contributed by atoms with Crippen LogP contribution in [0.15, 0.2) is 46.9 Å². The van der Waals surface area contributed by atoms with Gasteiger partial charge in [0.1, 0.15) is 0 Å². The Kier molecular flexibility index (Phi) is 2.55. The zero-order chi connectivity index (χ0) is 12.0.